The van der Waals surface area contributed by atoms with E-state index in [1.54, 1.807) is 30.5 Å². The van der Waals surface area contributed by atoms with Gasteiger partial charge in [-0.3, -0.25) is 14.9 Å². The molecular formula is C20H21ClN4O5. The van der Waals surface area contributed by atoms with Gasteiger partial charge in [0.15, 0.2) is 12.4 Å². The van der Waals surface area contributed by atoms with Crippen LogP contribution in [0, 0.1) is 10.1 Å². The number of hydrogen-bond acceptors (Lipinski definition) is 6. The fourth-order valence-corrected chi connectivity index (χ4v) is 3.01. The molecule has 3 rings (SSSR count). The quantitative estimate of drug-likeness (QED) is 0.371. The van der Waals surface area contributed by atoms with Crippen LogP contribution in [-0.4, -0.2) is 38.6 Å². The number of benzene rings is 1. The van der Waals surface area contributed by atoms with E-state index in [0.717, 1.165) is 18.6 Å². The lowest BCUT2D eigenvalue weighted by Gasteiger charge is -2.23. The average Bonchev–Trinajstić information content (AvgIpc) is 3.42. The number of halogens is 1. The maximum atomic E-state index is 12.7. The number of hydrogen-bond donors (Lipinski definition) is 0. The molecule has 0 spiro atoms. The molecule has 3 aromatic rings. The van der Waals surface area contributed by atoms with Gasteiger partial charge in [0.05, 0.1) is 16.2 Å². The number of nitro benzene ring substituents is 1. The lowest BCUT2D eigenvalue weighted by Crippen LogP contribution is -2.35. The summed E-state index contributed by atoms with van der Waals surface area (Å²) in [5, 5.41) is 15.1. The summed E-state index contributed by atoms with van der Waals surface area (Å²) in [7, 11) is 1.74. The average molecular weight is 433 g/mol. The number of amides is 1. The second-order valence-electron chi connectivity index (χ2n) is 6.77. The van der Waals surface area contributed by atoms with Gasteiger partial charge >= 0.3 is 0 Å². The molecule has 0 N–H and O–H groups in total. The second-order valence-corrected chi connectivity index (χ2v) is 7.18. The van der Waals surface area contributed by atoms with Crippen molar-refractivity contribution in [2.24, 2.45) is 0 Å². The Labute approximate surface area is 177 Å². The summed E-state index contributed by atoms with van der Waals surface area (Å²) in [5.41, 5.74) is 0.171. The number of aryl methyl sites for hydroxylation is 1. The molecule has 0 aliphatic carbocycles. The van der Waals surface area contributed by atoms with Gasteiger partial charge < -0.3 is 14.1 Å². The van der Waals surface area contributed by atoms with Crippen LogP contribution in [0.25, 0.3) is 0 Å². The molecule has 10 heteroatoms. The van der Waals surface area contributed by atoms with E-state index in [4.69, 9.17) is 20.8 Å². The van der Waals surface area contributed by atoms with Crippen LogP contribution in [0.1, 0.15) is 29.6 Å². The standard InChI is InChI=1S/C20H21ClN4O5/c1-14(5-7-16-4-3-11-29-16)23(2)20(26)18-9-10-24(22-18)13-30-19-8-6-15(25(27)28)12-17(19)21/h3-4,6,8-12,14H,5,7,13H2,1-2H3. The number of ether oxygens (including phenoxy) is 1. The fraction of sp³-hybridized carbons (Fsp3) is 0.300. The van der Waals surface area contributed by atoms with Gasteiger partial charge in [0.1, 0.15) is 11.5 Å². The maximum absolute atomic E-state index is 12.7. The zero-order valence-corrected chi connectivity index (χ0v) is 17.3. The zero-order valence-electron chi connectivity index (χ0n) is 16.5. The van der Waals surface area contributed by atoms with Crippen molar-refractivity contribution in [3.8, 4) is 5.75 Å². The van der Waals surface area contributed by atoms with Gasteiger partial charge in [0, 0.05) is 37.8 Å². The number of carbonyl (C=O) groups excluding carboxylic acids is 1. The summed E-state index contributed by atoms with van der Waals surface area (Å²) in [6.45, 7) is 1.97. The molecule has 0 fully saturated rings. The molecule has 1 atom stereocenters. The predicted octanol–water partition coefficient (Wildman–Crippen LogP) is 4.17. The van der Waals surface area contributed by atoms with E-state index in [0.29, 0.717) is 5.69 Å². The van der Waals surface area contributed by atoms with Gasteiger partial charge in [-0.1, -0.05) is 11.6 Å². The normalized spacial score (nSPS) is 11.8. The highest BCUT2D eigenvalue weighted by Gasteiger charge is 2.20. The van der Waals surface area contributed by atoms with Crippen molar-refractivity contribution in [1.29, 1.82) is 0 Å². The molecule has 2 aromatic heterocycles. The van der Waals surface area contributed by atoms with E-state index in [1.807, 2.05) is 19.1 Å². The van der Waals surface area contributed by atoms with Crippen LogP contribution in [0.2, 0.25) is 5.02 Å². The number of rotatable bonds is 9. The Morgan fingerprint density at radius 3 is 2.87 bits per heavy atom. The first-order chi connectivity index (χ1) is 14.3. The molecule has 1 amide bonds. The third-order valence-electron chi connectivity index (χ3n) is 4.71. The smallest absolute Gasteiger partial charge is 0.274 e. The maximum Gasteiger partial charge on any atom is 0.274 e. The first-order valence-electron chi connectivity index (χ1n) is 9.25. The van der Waals surface area contributed by atoms with Crippen LogP contribution in [0.4, 0.5) is 5.69 Å². The van der Waals surface area contributed by atoms with Gasteiger partial charge in [-0.2, -0.15) is 5.10 Å². The monoisotopic (exact) mass is 432 g/mol. The topological polar surface area (TPSA) is 104 Å². The van der Waals surface area contributed by atoms with E-state index in [-0.39, 0.29) is 35.1 Å². The fourth-order valence-electron chi connectivity index (χ4n) is 2.78. The summed E-state index contributed by atoms with van der Waals surface area (Å²) in [5.74, 6) is 0.970. The second kappa shape index (κ2) is 9.45. The summed E-state index contributed by atoms with van der Waals surface area (Å²) in [4.78, 5) is 24.6. The zero-order chi connectivity index (χ0) is 21.7. The predicted molar refractivity (Wildman–Crippen MR) is 110 cm³/mol. The third-order valence-corrected chi connectivity index (χ3v) is 5.00. The highest BCUT2D eigenvalue weighted by atomic mass is 35.5. The number of furan rings is 1. The van der Waals surface area contributed by atoms with Crippen molar-refractivity contribution in [3.63, 3.8) is 0 Å². The Morgan fingerprint density at radius 1 is 1.40 bits per heavy atom. The minimum atomic E-state index is -0.535. The molecule has 2 heterocycles. The lowest BCUT2D eigenvalue weighted by atomic mass is 10.1. The Morgan fingerprint density at radius 2 is 2.20 bits per heavy atom. The molecular weight excluding hydrogens is 412 g/mol. The SMILES string of the molecule is CC(CCc1ccco1)N(C)C(=O)c1ccn(COc2ccc([N+](=O)[O-])cc2Cl)n1. The van der Waals surface area contributed by atoms with E-state index >= 15 is 0 Å². The van der Waals surface area contributed by atoms with Crippen LogP contribution < -0.4 is 4.74 Å². The Bertz CT molecular complexity index is 1020. The van der Waals surface area contributed by atoms with Crippen molar-refractivity contribution < 1.29 is 18.9 Å². The molecule has 9 nitrogen and oxygen atoms in total. The Hall–Kier alpha value is -3.33. The number of aromatic nitrogens is 2. The third kappa shape index (κ3) is 5.18. The molecule has 0 radical (unpaired) electrons. The van der Waals surface area contributed by atoms with E-state index in [1.165, 1.54) is 22.9 Å². The molecule has 158 valence electrons. The first-order valence-corrected chi connectivity index (χ1v) is 9.62. The van der Waals surface area contributed by atoms with Gasteiger partial charge in [-0.15, -0.1) is 0 Å². The van der Waals surface area contributed by atoms with Crippen molar-refractivity contribution in [3.05, 3.63) is 75.4 Å². The molecule has 0 aliphatic rings. The van der Waals surface area contributed by atoms with Gasteiger partial charge in [0.2, 0.25) is 0 Å². The van der Waals surface area contributed by atoms with Crippen LogP contribution >= 0.6 is 11.6 Å². The highest BCUT2D eigenvalue weighted by Crippen LogP contribution is 2.28. The summed E-state index contributed by atoms with van der Waals surface area (Å²) in [6, 6.07) is 9.30. The number of non-ortho nitro benzene ring substituents is 1. The van der Waals surface area contributed by atoms with Gasteiger partial charge in [-0.05, 0) is 37.6 Å². The summed E-state index contributed by atoms with van der Waals surface area (Å²) < 4.78 is 12.3. The number of carbonyl (C=O) groups is 1. The molecule has 1 unspecified atom stereocenters. The minimum Gasteiger partial charge on any atom is -0.470 e. The highest BCUT2D eigenvalue weighted by molar-refractivity contribution is 6.32. The Kier molecular flexibility index (Phi) is 6.73. The van der Waals surface area contributed by atoms with Crippen molar-refractivity contribution in [2.75, 3.05) is 7.05 Å². The van der Waals surface area contributed by atoms with Crippen molar-refractivity contribution >= 4 is 23.2 Å². The molecule has 30 heavy (non-hydrogen) atoms. The molecule has 0 aliphatic heterocycles. The van der Waals surface area contributed by atoms with Crippen molar-refractivity contribution in [1.82, 2.24) is 14.7 Å². The lowest BCUT2D eigenvalue weighted by molar-refractivity contribution is -0.384. The van der Waals surface area contributed by atoms with Crippen LogP contribution in [-0.2, 0) is 13.2 Å². The minimum absolute atomic E-state index is 0.00255. The summed E-state index contributed by atoms with van der Waals surface area (Å²) >= 11 is 6.01. The van der Waals surface area contributed by atoms with Crippen molar-refractivity contribution in [2.45, 2.75) is 32.5 Å². The van der Waals surface area contributed by atoms with Crippen LogP contribution in [0.15, 0.2) is 53.3 Å². The largest absolute Gasteiger partial charge is 0.470 e. The van der Waals surface area contributed by atoms with E-state index < -0.39 is 4.92 Å². The van der Waals surface area contributed by atoms with E-state index in [2.05, 4.69) is 5.10 Å². The molecule has 0 saturated carbocycles. The van der Waals surface area contributed by atoms with E-state index in [9.17, 15) is 14.9 Å². The van der Waals surface area contributed by atoms with Gasteiger partial charge in [0.25, 0.3) is 11.6 Å². The molecule has 1 aromatic carbocycles. The summed E-state index contributed by atoms with van der Waals surface area (Å²) in [6.07, 6.45) is 4.75. The van der Waals surface area contributed by atoms with Crippen LogP contribution in [0.5, 0.6) is 5.75 Å². The number of nitro groups is 1. The van der Waals surface area contributed by atoms with Gasteiger partial charge in [-0.25, -0.2) is 4.68 Å². The first kappa shape index (κ1) is 21.4. The van der Waals surface area contributed by atoms with Crippen LogP contribution in [0.3, 0.4) is 0 Å². The molecule has 0 saturated heterocycles. The molecule has 0 bridgehead atoms. The Balaban J connectivity index is 1.56. The number of nitrogens with zero attached hydrogens (tertiary/aromatic N) is 4.